The highest BCUT2D eigenvalue weighted by atomic mass is 16.2. The minimum Gasteiger partial charge on any atom is -0.267 e. The summed E-state index contributed by atoms with van der Waals surface area (Å²) in [6.07, 6.45) is 0. The highest BCUT2D eigenvalue weighted by Crippen LogP contribution is 2.03. The van der Waals surface area contributed by atoms with E-state index in [-0.39, 0.29) is 0 Å². The van der Waals surface area contributed by atoms with Crippen LogP contribution in [-0.4, -0.2) is 17.8 Å². The van der Waals surface area contributed by atoms with Gasteiger partial charge in [0.15, 0.2) is 0 Å². The summed E-state index contributed by atoms with van der Waals surface area (Å²) in [5, 5.41) is 0. The molecule has 0 aliphatic carbocycles. The molecule has 0 radical (unpaired) electrons. The first-order valence-corrected chi connectivity index (χ1v) is 7.26. The van der Waals surface area contributed by atoms with Gasteiger partial charge >= 0.3 is 6.03 Å². The van der Waals surface area contributed by atoms with Crippen molar-refractivity contribution in [3.8, 4) is 0 Å². The molecule has 7 nitrogen and oxygen atoms in total. The molecule has 2 rings (SSSR count). The Bertz CT molecular complexity index is 710. The highest BCUT2D eigenvalue weighted by Gasteiger charge is 2.09. The van der Waals surface area contributed by atoms with Gasteiger partial charge in [-0.1, -0.05) is 35.4 Å². The predicted molar refractivity (Wildman–Crippen MR) is 89.0 cm³/mol. The summed E-state index contributed by atoms with van der Waals surface area (Å²) in [6.45, 7) is 3.72. The van der Waals surface area contributed by atoms with Gasteiger partial charge in [0.1, 0.15) is 0 Å². The minimum absolute atomic E-state index is 0.416. The number of urea groups is 1. The molecule has 0 aromatic heterocycles. The van der Waals surface area contributed by atoms with E-state index < -0.39 is 17.8 Å². The van der Waals surface area contributed by atoms with Crippen molar-refractivity contribution in [2.75, 3.05) is 0 Å². The number of hydrogen-bond donors (Lipinski definition) is 4. The van der Waals surface area contributed by atoms with Crippen molar-refractivity contribution in [2.45, 2.75) is 13.8 Å². The average Bonchev–Trinajstić information content (AvgIpc) is 2.57. The largest absolute Gasteiger partial charge is 0.352 e. The molecule has 4 N–H and O–H groups in total. The monoisotopic (exact) mass is 326 g/mol. The Morgan fingerprint density at radius 2 is 1.08 bits per heavy atom. The molecule has 0 saturated carbocycles. The number of rotatable bonds is 2. The zero-order chi connectivity index (χ0) is 17.5. The third kappa shape index (κ3) is 4.84. The van der Waals surface area contributed by atoms with Crippen molar-refractivity contribution in [3.63, 3.8) is 0 Å². The van der Waals surface area contributed by atoms with E-state index in [4.69, 9.17) is 0 Å². The van der Waals surface area contributed by atoms with E-state index in [1.54, 1.807) is 36.4 Å². The van der Waals surface area contributed by atoms with Crippen molar-refractivity contribution >= 4 is 17.8 Å². The SMILES string of the molecule is Cc1cccc(C(=O)NNC(=O)NNC(=O)c2cccc(C)c2)c1. The molecular weight excluding hydrogens is 308 g/mol. The lowest BCUT2D eigenvalue weighted by Crippen LogP contribution is -2.52. The molecule has 0 saturated heterocycles. The van der Waals surface area contributed by atoms with Crippen molar-refractivity contribution in [1.82, 2.24) is 21.7 Å². The molecule has 7 heteroatoms. The Hall–Kier alpha value is -3.35. The van der Waals surface area contributed by atoms with Crippen LogP contribution in [0.5, 0.6) is 0 Å². The van der Waals surface area contributed by atoms with Gasteiger partial charge in [0, 0.05) is 11.1 Å². The Kier molecular flexibility index (Phi) is 5.51. The van der Waals surface area contributed by atoms with Crippen LogP contribution in [0.3, 0.4) is 0 Å². The molecule has 0 bridgehead atoms. The topological polar surface area (TPSA) is 99.3 Å². The summed E-state index contributed by atoms with van der Waals surface area (Å²) < 4.78 is 0. The van der Waals surface area contributed by atoms with E-state index >= 15 is 0 Å². The zero-order valence-corrected chi connectivity index (χ0v) is 13.3. The second-order valence-electron chi connectivity index (χ2n) is 5.23. The molecule has 4 amide bonds. The van der Waals surface area contributed by atoms with Crippen molar-refractivity contribution in [2.24, 2.45) is 0 Å². The fourth-order valence-corrected chi connectivity index (χ4v) is 1.98. The predicted octanol–water partition coefficient (Wildman–Crippen LogP) is 1.59. The lowest BCUT2D eigenvalue weighted by Gasteiger charge is -2.10. The normalized spacial score (nSPS) is 9.75. The molecule has 0 aliphatic heterocycles. The molecule has 0 atom stereocenters. The van der Waals surface area contributed by atoms with Gasteiger partial charge in [-0.05, 0) is 38.1 Å². The van der Waals surface area contributed by atoms with Gasteiger partial charge in [0.05, 0.1) is 0 Å². The van der Waals surface area contributed by atoms with Crippen LogP contribution < -0.4 is 21.7 Å². The van der Waals surface area contributed by atoms with Crippen LogP contribution >= 0.6 is 0 Å². The van der Waals surface area contributed by atoms with E-state index in [1.807, 2.05) is 26.0 Å². The Labute approximate surface area is 139 Å². The summed E-state index contributed by atoms with van der Waals surface area (Å²) in [5.41, 5.74) is 11.5. The van der Waals surface area contributed by atoms with Crippen LogP contribution in [0.25, 0.3) is 0 Å². The third-order valence-corrected chi connectivity index (χ3v) is 3.14. The maximum Gasteiger partial charge on any atom is 0.352 e. The molecule has 0 fully saturated rings. The van der Waals surface area contributed by atoms with Gasteiger partial charge in [-0.25, -0.2) is 15.6 Å². The number of aryl methyl sites for hydroxylation is 2. The number of carbonyl (C=O) groups excluding carboxylic acids is 3. The van der Waals surface area contributed by atoms with Crippen LogP contribution in [0.2, 0.25) is 0 Å². The van der Waals surface area contributed by atoms with Gasteiger partial charge in [0.25, 0.3) is 11.8 Å². The first-order valence-electron chi connectivity index (χ1n) is 7.26. The van der Waals surface area contributed by atoms with Gasteiger partial charge < -0.3 is 0 Å². The van der Waals surface area contributed by atoms with E-state index in [0.717, 1.165) is 11.1 Å². The fraction of sp³-hybridized carbons (Fsp3) is 0.118. The summed E-state index contributed by atoms with van der Waals surface area (Å²) >= 11 is 0. The first kappa shape index (κ1) is 17.0. The quantitative estimate of drug-likeness (QED) is 0.631. The summed E-state index contributed by atoms with van der Waals surface area (Å²) in [6, 6.07) is 13.1. The summed E-state index contributed by atoms with van der Waals surface area (Å²) in [4.78, 5) is 35.3. The number of hydrazine groups is 2. The van der Waals surface area contributed by atoms with Gasteiger partial charge in [-0.2, -0.15) is 0 Å². The van der Waals surface area contributed by atoms with Crippen molar-refractivity contribution in [3.05, 3.63) is 70.8 Å². The van der Waals surface area contributed by atoms with Crippen LogP contribution in [-0.2, 0) is 0 Å². The number of nitrogens with one attached hydrogen (secondary N) is 4. The molecule has 2 aromatic carbocycles. The maximum atomic E-state index is 11.9. The van der Waals surface area contributed by atoms with Crippen LogP contribution in [0.1, 0.15) is 31.8 Å². The van der Waals surface area contributed by atoms with Crippen LogP contribution in [0, 0.1) is 13.8 Å². The molecular formula is C17H18N4O3. The lowest BCUT2D eigenvalue weighted by atomic mass is 10.1. The van der Waals surface area contributed by atoms with Gasteiger partial charge in [0.2, 0.25) is 0 Å². The second kappa shape index (κ2) is 7.77. The molecule has 2 aromatic rings. The molecule has 24 heavy (non-hydrogen) atoms. The van der Waals surface area contributed by atoms with E-state index in [1.165, 1.54) is 0 Å². The van der Waals surface area contributed by atoms with Crippen LogP contribution in [0.15, 0.2) is 48.5 Å². The van der Waals surface area contributed by atoms with Gasteiger partial charge in [-0.15, -0.1) is 0 Å². The molecule has 124 valence electrons. The van der Waals surface area contributed by atoms with Crippen LogP contribution in [0.4, 0.5) is 4.79 Å². The zero-order valence-electron chi connectivity index (χ0n) is 13.3. The van der Waals surface area contributed by atoms with Crippen molar-refractivity contribution < 1.29 is 14.4 Å². The number of carbonyl (C=O) groups is 3. The number of hydrogen-bond acceptors (Lipinski definition) is 3. The Balaban J connectivity index is 1.79. The first-order chi connectivity index (χ1) is 11.5. The summed E-state index contributed by atoms with van der Waals surface area (Å²) in [7, 11) is 0. The minimum atomic E-state index is -0.767. The Morgan fingerprint density at radius 3 is 1.46 bits per heavy atom. The fourth-order valence-electron chi connectivity index (χ4n) is 1.98. The number of benzene rings is 2. The average molecular weight is 326 g/mol. The molecule has 0 heterocycles. The van der Waals surface area contributed by atoms with Gasteiger partial charge in [-0.3, -0.25) is 20.4 Å². The smallest absolute Gasteiger partial charge is 0.267 e. The lowest BCUT2D eigenvalue weighted by molar-refractivity contribution is 0.0929. The second-order valence-corrected chi connectivity index (χ2v) is 5.23. The maximum absolute atomic E-state index is 11.9. The molecule has 0 unspecified atom stereocenters. The molecule has 0 aliphatic rings. The number of amides is 4. The Morgan fingerprint density at radius 1 is 0.667 bits per heavy atom. The molecule has 0 spiro atoms. The van der Waals surface area contributed by atoms with E-state index in [2.05, 4.69) is 21.7 Å². The van der Waals surface area contributed by atoms with E-state index in [0.29, 0.717) is 11.1 Å². The summed E-state index contributed by atoms with van der Waals surface area (Å²) in [5.74, 6) is -0.919. The van der Waals surface area contributed by atoms with Crippen molar-refractivity contribution in [1.29, 1.82) is 0 Å². The van der Waals surface area contributed by atoms with E-state index in [9.17, 15) is 14.4 Å². The standard InChI is InChI=1S/C17H18N4O3/c1-11-5-3-7-13(9-11)15(22)18-20-17(24)21-19-16(23)14-8-4-6-12(2)10-14/h3-10H,1-2H3,(H,18,22)(H,19,23)(H2,20,21,24). The third-order valence-electron chi connectivity index (χ3n) is 3.14. The highest BCUT2D eigenvalue weighted by molar-refractivity contribution is 5.97.